The van der Waals surface area contributed by atoms with Crippen LogP contribution in [-0.2, 0) is 14.2 Å². The Balaban J connectivity index is 1.92. The van der Waals surface area contributed by atoms with Gasteiger partial charge in [0.05, 0.1) is 31.9 Å². The number of hydrogen-bond donors (Lipinski definition) is 1. The zero-order valence-electron chi connectivity index (χ0n) is 11.4. The molecule has 1 aromatic rings. The lowest BCUT2D eigenvalue weighted by Crippen LogP contribution is -2.45. The van der Waals surface area contributed by atoms with Crippen LogP contribution in [0, 0.1) is 0 Å². The Hall–Kier alpha value is -1.59. The highest BCUT2D eigenvalue weighted by molar-refractivity contribution is 5.89. The lowest BCUT2D eigenvalue weighted by molar-refractivity contribution is -0.247. The Morgan fingerprint density at radius 1 is 1.26 bits per heavy atom. The molecule has 104 valence electrons. The number of rotatable bonds is 3. The second-order valence-corrected chi connectivity index (χ2v) is 4.93. The summed E-state index contributed by atoms with van der Waals surface area (Å²) in [5.74, 6) is -0.843. The summed E-state index contributed by atoms with van der Waals surface area (Å²) < 4.78 is 15.8. The summed E-state index contributed by atoms with van der Waals surface area (Å²) in [5.41, 5.74) is 1.45. The first-order valence-electron chi connectivity index (χ1n) is 6.23. The molecule has 1 heterocycles. The Labute approximate surface area is 112 Å². The van der Waals surface area contributed by atoms with Crippen LogP contribution >= 0.6 is 0 Å². The molecule has 1 N–H and O–H groups in total. The quantitative estimate of drug-likeness (QED) is 0.847. The largest absolute Gasteiger partial charge is 0.465 e. The van der Waals surface area contributed by atoms with E-state index < -0.39 is 5.79 Å². The van der Waals surface area contributed by atoms with Crippen LogP contribution in [0.5, 0.6) is 0 Å². The zero-order chi connectivity index (χ0) is 13.9. The maximum atomic E-state index is 11.3. The molecule has 19 heavy (non-hydrogen) atoms. The highest BCUT2D eigenvalue weighted by atomic mass is 16.7. The third-order valence-corrected chi connectivity index (χ3v) is 2.94. The van der Waals surface area contributed by atoms with Crippen molar-refractivity contribution in [1.29, 1.82) is 0 Å². The van der Waals surface area contributed by atoms with E-state index in [2.05, 4.69) is 10.1 Å². The fourth-order valence-electron chi connectivity index (χ4n) is 1.83. The van der Waals surface area contributed by atoms with Crippen LogP contribution in [-0.4, -0.2) is 38.1 Å². The number of anilines is 1. The molecule has 1 aliphatic rings. The summed E-state index contributed by atoms with van der Waals surface area (Å²) in [7, 11) is 1.37. The second kappa shape index (κ2) is 5.59. The Bertz CT molecular complexity index is 431. The maximum absolute atomic E-state index is 11.3. The fourth-order valence-corrected chi connectivity index (χ4v) is 1.83. The predicted octanol–water partition coefficient (Wildman–Crippen LogP) is 2.04. The molecule has 0 saturated carbocycles. The van der Waals surface area contributed by atoms with Crippen molar-refractivity contribution in [1.82, 2.24) is 0 Å². The average Bonchev–Trinajstić information content (AvgIpc) is 2.41. The van der Waals surface area contributed by atoms with E-state index in [-0.39, 0.29) is 12.0 Å². The molecule has 0 unspecified atom stereocenters. The summed E-state index contributed by atoms with van der Waals surface area (Å²) in [4.78, 5) is 11.3. The van der Waals surface area contributed by atoms with E-state index >= 15 is 0 Å². The van der Waals surface area contributed by atoms with Crippen molar-refractivity contribution in [2.75, 3.05) is 25.6 Å². The van der Waals surface area contributed by atoms with Crippen molar-refractivity contribution in [2.45, 2.75) is 25.7 Å². The lowest BCUT2D eigenvalue weighted by Gasteiger charge is -2.35. The molecule has 0 atom stereocenters. The number of esters is 1. The van der Waals surface area contributed by atoms with E-state index in [1.807, 2.05) is 26.0 Å². The molecule has 0 radical (unpaired) electrons. The average molecular weight is 265 g/mol. The van der Waals surface area contributed by atoms with Gasteiger partial charge >= 0.3 is 5.97 Å². The van der Waals surface area contributed by atoms with Gasteiger partial charge in [-0.3, -0.25) is 0 Å². The Morgan fingerprint density at radius 3 is 2.37 bits per heavy atom. The van der Waals surface area contributed by atoms with Crippen LogP contribution in [0.4, 0.5) is 5.69 Å². The van der Waals surface area contributed by atoms with E-state index in [9.17, 15) is 4.79 Å². The van der Waals surface area contributed by atoms with Gasteiger partial charge in [-0.05, 0) is 38.1 Å². The van der Waals surface area contributed by atoms with E-state index in [0.717, 1.165) is 5.69 Å². The maximum Gasteiger partial charge on any atom is 0.337 e. The molecule has 1 fully saturated rings. The van der Waals surface area contributed by atoms with E-state index in [0.29, 0.717) is 18.8 Å². The summed E-state index contributed by atoms with van der Waals surface area (Å²) in [6.45, 7) is 4.97. The summed E-state index contributed by atoms with van der Waals surface area (Å²) in [5, 5.41) is 3.30. The molecule has 1 saturated heterocycles. The SMILES string of the molecule is COC(=O)c1ccc(NC2COC(C)(C)OC2)cc1. The van der Waals surface area contributed by atoms with Crippen LogP contribution in [0.1, 0.15) is 24.2 Å². The molecular weight excluding hydrogens is 246 g/mol. The van der Waals surface area contributed by atoms with Crippen LogP contribution < -0.4 is 5.32 Å². The van der Waals surface area contributed by atoms with Crippen molar-refractivity contribution in [3.05, 3.63) is 29.8 Å². The number of nitrogens with one attached hydrogen (secondary N) is 1. The lowest BCUT2D eigenvalue weighted by atomic mass is 10.2. The van der Waals surface area contributed by atoms with Gasteiger partial charge < -0.3 is 19.5 Å². The van der Waals surface area contributed by atoms with Gasteiger partial charge in [-0.15, -0.1) is 0 Å². The van der Waals surface area contributed by atoms with Crippen LogP contribution in [0.25, 0.3) is 0 Å². The first kappa shape index (κ1) is 13.8. The number of carbonyl (C=O) groups excluding carboxylic acids is 1. The minimum Gasteiger partial charge on any atom is -0.465 e. The highest BCUT2D eigenvalue weighted by Gasteiger charge is 2.28. The van der Waals surface area contributed by atoms with Crippen molar-refractivity contribution in [3.63, 3.8) is 0 Å². The van der Waals surface area contributed by atoms with E-state index in [1.54, 1.807) is 12.1 Å². The Morgan fingerprint density at radius 2 is 1.84 bits per heavy atom. The predicted molar refractivity (Wildman–Crippen MR) is 71.2 cm³/mol. The number of benzene rings is 1. The van der Waals surface area contributed by atoms with Crippen molar-refractivity contribution in [3.8, 4) is 0 Å². The van der Waals surface area contributed by atoms with Gasteiger partial charge in [0, 0.05) is 5.69 Å². The fraction of sp³-hybridized carbons (Fsp3) is 0.500. The molecule has 1 aliphatic heterocycles. The summed E-state index contributed by atoms with van der Waals surface area (Å²) >= 11 is 0. The third kappa shape index (κ3) is 3.68. The van der Waals surface area contributed by atoms with Gasteiger partial charge in [0.2, 0.25) is 0 Å². The highest BCUT2D eigenvalue weighted by Crippen LogP contribution is 2.19. The zero-order valence-corrected chi connectivity index (χ0v) is 11.4. The normalized spacial score (nSPS) is 18.9. The van der Waals surface area contributed by atoms with Gasteiger partial charge in [0.15, 0.2) is 5.79 Å². The first-order chi connectivity index (χ1) is 9.00. The molecule has 5 nitrogen and oxygen atoms in total. The van der Waals surface area contributed by atoms with Crippen molar-refractivity contribution >= 4 is 11.7 Å². The van der Waals surface area contributed by atoms with Crippen molar-refractivity contribution in [2.24, 2.45) is 0 Å². The number of hydrogen-bond acceptors (Lipinski definition) is 5. The third-order valence-electron chi connectivity index (χ3n) is 2.94. The summed E-state index contributed by atoms with van der Waals surface area (Å²) in [6.07, 6.45) is 0. The standard InChI is InChI=1S/C14H19NO4/c1-14(2)18-8-12(9-19-14)15-11-6-4-10(5-7-11)13(16)17-3/h4-7,12,15H,8-9H2,1-3H3. The van der Waals surface area contributed by atoms with E-state index in [4.69, 9.17) is 9.47 Å². The number of carbonyl (C=O) groups is 1. The molecule has 0 aliphatic carbocycles. The summed E-state index contributed by atoms with van der Waals surface area (Å²) in [6, 6.07) is 7.24. The first-order valence-corrected chi connectivity index (χ1v) is 6.23. The minimum atomic E-state index is -0.507. The second-order valence-electron chi connectivity index (χ2n) is 4.93. The minimum absolute atomic E-state index is 0.108. The number of methoxy groups -OCH3 is 1. The molecule has 5 heteroatoms. The topological polar surface area (TPSA) is 56.8 Å². The van der Waals surface area contributed by atoms with E-state index in [1.165, 1.54) is 7.11 Å². The van der Waals surface area contributed by atoms with Gasteiger partial charge in [0.25, 0.3) is 0 Å². The molecule has 1 aromatic carbocycles. The monoisotopic (exact) mass is 265 g/mol. The van der Waals surface area contributed by atoms with Gasteiger partial charge in [-0.1, -0.05) is 0 Å². The van der Waals surface area contributed by atoms with Gasteiger partial charge in [-0.2, -0.15) is 0 Å². The van der Waals surface area contributed by atoms with Gasteiger partial charge in [-0.25, -0.2) is 4.79 Å². The van der Waals surface area contributed by atoms with Crippen LogP contribution in [0.15, 0.2) is 24.3 Å². The van der Waals surface area contributed by atoms with Crippen molar-refractivity contribution < 1.29 is 19.0 Å². The smallest absolute Gasteiger partial charge is 0.337 e. The molecule has 0 spiro atoms. The molecule has 0 amide bonds. The molecular formula is C14H19NO4. The number of ether oxygens (including phenoxy) is 3. The Kier molecular flexibility index (Phi) is 4.07. The molecule has 0 bridgehead atoms. The van der Waals surface area contributed by atoms with Crippen LogP contribution in [0.2, 0.25) is 0 Å². The van der Waals surface area contributed by atoms with Crippen LogP contribution in [0.3, 0.4) is 0 Å². The van der Waals surface area contributed by atoms with Gasteiger partial charge in [0.1, 0.15) is 0 Å². The molecule has 2 rings (SSSR count). The molecule has 0 aromatic heterocycles.